The first-order valence-electron chi connectivity index (χ1n) is 38.6. The van der Waals surface area contributed by atoms with Gasteiger partial charge in [0.25, 0.3) is 6.29 Å². The van der Waals surface area contributed by atoms with Gasteiger partial charge in [-0.25, -0.2) is 4.79 Å². The Morgan fingerprint density at radius 3 is 0.913 bits per heavy atom. The zero-order valence-electron chi connectivity index (χ0n) is 60.7. The van der Waals surface area contributed by atoms with Gasteiger partial charge in [-0.05, 0) is 77.0 Å². The van der Waals surface area contributed by atoms with Gasteiger partial charge in [0.2, 0.25) is 0 Å². The normalized spacial score (nSPS) is 13.3. The highest BCUT2D eigenvalue weighted by Gasteiger charge is 2.25. The van der Waals surface area contributed by atoms with E-state index in [1.807, 2.05) is 21.1 Å². The Morgan fingerprint density at radius 1 is 0.337 bits per heavy atom. The van der Waals surface area contributed by atoms with Crippen LogP contribution in [0.2, 0.25) is 0 Å². The van der Waals surface area contributed by atoms with Gasteiger partial charge in [-0.1, -0.05) is 361 Å². The molecular formula is C83H146NO8+. The van der Waals surface area contributed by atoms with Gasteiger partial charge in [0.05, 0.1) is 34.4 Å². The summed E-state index contributed by atoms with van der Waals surface area (Å²) in [7, 11) is 5.96. The number of aliphatic carboxylic acids is 1. The molecular weight excluding hydrogens is 1140 g/mol. The van der Waals surface area contributed by atoms with Crippen LogP contribution in [-0.2, 0) is 33.3 Å². The first-order valence-corrected chi connectivity index (χ1v) is 38.6. The fraction of sp³-hybridized carbons (Fsp3) is 0.747. The van der Waals surface area contributed by atoms with Crippen LogP contribution in [0.15, 0.2) is 109 Å². The standard InChI is InChI=1S/C83H145NO8/c1-6-8-10-12-14-16-18-20-22-24-26-28-30-32-34-36-37-38-39-40-41-42-43-44-46-47-49-51-53-55-57-59-61-63-65-67-69-71-73-80(85)90-77-79(78-91-83(82(87)88)89-76-75-84(3,4)5)92-81(86)74-72-70-68-66-64-62-60-58-56-54-52-50-48-45-35-33-31-29-27-25-23-21-19-17-15-13-11-9-7-2/h9,11,15,17,21,23,27,29,33,35,48,50,54,56,60,62,66,68,79,83H,6-8,10,12-14,16,18-20,22,24-26,28,30-32,34,36-47,49,51-53,55,57-59,61,63-65,67,69-78H2,1-5H3/p+1/b11-9-,17-15-,23-21-,29-27-,35-33-,50-48-,56-54-,62-60-,68-66-. The van der Waals surface area contributed by atoms with E-state index in [9.17, 15) is 19.5 Å². The minimum absolute atomic E-state index is 0.172. The molecule has 0 saturated carbocycles. The van der Waals surface area contributed by atoms with E-state index < -0.39 is 24.3 Å². The third kappa shape index (κ3) is 73.4. The summed E-state index contributed by atoms with van der Waals surface area (Å²) in [6, 6.07) is 0. The highest BCUT2D eigenvalue weighted by molar-refractivity contribution is 5.71. The van der Waals surface area contributed by atoms with Crippen LogP contribution in [0.4, 0.5) is 0 Å². The lowest BCUT2D eigenvalue weighted by Crippen LogP contribution is -2.40. The largest absolute Gasteiger partial charge is 0.477 e. The molecule has 0 radical (unpaired) electrons. The molecule has 2 unspecified atom stereocenters. The number of carbonyl (C=O) groups excluding carboxylic acids is 2. The molecule has 0 aromatic carbocycles. The summed E-state index contributed by atoms with van der Waals surface area (Å²) in [6.07, 6.45) is 99.7. The second kappa shape index (κ2) is 72.8. The first kappa shape index (κ1) is 88.0. The Kier molecular flexibility index (Phi) is 69.6. The van der Waals surface area contributed by atoms with Crippen LogP contribution in [0.5, 0.6) is 0 Å². The van der Waals surface area contributed by atoms with E-state index in [4.69, 9.17) is 18.9 Å². The second-order valence-corrected chi connectivity index (χ2v) is 26.9. The molecule has 0 rings (SSSR count). The number of quaternary nitrogens is 1. The number of nitrogens with zero attached hydrogens (tertiary/aromatic N) is 1. The molecule has 0 fully saturated rings. The summed E-state index contributed by atoms with van der Waals surface area (Å²) in [5, 5.41) is 9.75. The molecule has 530 valence electrons. The summed E-state index contributed by atoms with van der Waals surface area (Å²) in [4.78, 5) is 37.6. The predicted molar refractivity (Wildman–Crippen MR) is 396 cm³/mol. The average molecular weight is 1290 g/mol. The van der Waals surface area contributed by atoms with E-state index in [0.29, 0.717) is 23.9 Å². The van der Waals surface area contributed by atoms with Crippen LogP contribution in [0.25, 0.3) is 0 Å². The lowest BCUT2D eigenvalue weighted by molar-refractivity contribution is -0.870. The quantitative estimate of drug-likeness (QED) is 0.0211. The van der Waals surface area contributed by atoms with Crippen molar-refractivity contribution in [2.45, 2.75) is 354 Å². The lowest BCUT2D eigenvalue weighted by Gasteiger charge is -2.25. The van der Waals surface area contributed by atoms with E-state index in [2.05, 4.69) is 123 Å². The monoisotopic (exact) mass is 1290 g/mol. The fourth-order valence-electron chi connectivity index (χ4n) is 11.0. The van der Waals surface area contributed by atoms with Gasteiger partial charge < -0.3 is 28.5 Å². The van der Waals surface area contributed by atoms with Crippen molar-refractivity contribution in [1.29, 1.82) is 0 Å². The van der Waals surface area contributed by atoms with E-state index in [1.165, 1.54) is 225 Å². The summed E-state index contributed by atoms with van der Waals surface area (Å²) < 4.78 is 22.9. The van der Waals surface area contributed by atoms with Crippen molar-refractivity contribution in [3.05, 3.63) is 109 Å². The Morgan fingerprint density at radius 2 is 0.620 bits per heavy atom. The Labute approximate surface area is 568 Å². The molecule has 9 nitrogen and oxygen atoms in total. The number of rotatable bonds is 71. The molecule has 0 heterocycles. The number of esters is 2. The first-order chi connectivity index (χ1) is 45.1. The number of allylic oxidation sites excluding steroid dienone is 18. The molecule has 1 N–H and O–H groups in total. The minimum atomic E-state index is -1.53. The van der Waals surface area contributed by atoms with Crippen molar-refractivity contribution in [2.24, 2.45) is 0 Å². The summed E-state index contributed by atoms with van der Waals surface area (Å²) in [5.41, 5.74) is 0. The van der Waals surface area contributed by atoms with Crippen LogP contribution in [0, 0.1) is 0 Å². The maximum absolute atomic E-state index is 12.9. The minimum Gasteiger partial charge on any atom is -0.477 e. The van der Waals surface area contributed by atoms with Crippen LogP contribution < -0.4 is 0 Å². The lowest BCUT2D eigenvalue weighted by atomic mass is 10.0. The van der Waals surface area contributed by atoms with Gasteiger partial charge in [-0.2, -0.15) is 0 Å². The van der Waals surface area contributed by atoms with Gasteiger partial charge in [0.1, 0.15) is 13.2 Å². The Hall–Kier alpha value is -4.05. The van der Waals surface area contributed by atoms with Gasteiger partial charge in [-0.15, -0.1) is 0 Å². The number of hydrogen-bond acceptors (Lipinski definition) is 7. The van der Waals surface area contributed by atoms with Gasteiger partial charge >= 0.3 is 17.9 Å². The maximum atomic E-state index is 12.9. The number of ether oxygens (including phenoxy) is 4. The van der Waals surface area contributed by atoms with Crippen molar-refractivity contribution in [2.75, 3.05) is 47.5 Å². The molecule has 0 saturated heterocycles. The third-order valence-corrected chi connectivity index (χ3v) is 16.8. The number of likely N-dealkylation sites (N-methyl/N-ethyl adjacent to an activating group) is 1. The van der Waals surface area contributed by atoms with Crippen LogP contribution >= 0.6 is 0 Å². The van der Waals surface area contributed by atoms with E-state index in [0.717, 1.165) is 77.0 Å². The fourth-order valence-corrected chi connectivity index (χ4v) is 11.0. The zero-order chi connectivity index (χ0) is 66.8. The molecule has 0 bridgehead atoms. The highest BCUT2D eigenvalue weighted by atomic mass is 16.7. The summed E-state index contributed by atoms with van der Waals surface area (Å²) >= 11 is 0. The molecule has 92 heavy (non-hydrogen) atoms. The number of hydrogen-bond donors (Lipinski definition) is 1. The molecule has 0 aliphatic carbocycles. The van der Waals surface area contributed by atoms with Crippen LogP contribution in [0.1, 0.15) is 341 Å². The third-order valence-electron chi connectivity index (χ3n) is 16.8. The second-order valence-electron chi connectivity index (χ2n) is 26.9. The molecule has 0 amide bonds. The van der Waals surface area contributed by atoms with Gasteiger partial charge in [-0.3, -0.25) is 9.59 Å². The van der Waals surface area contributed by atoms with Gasteiger partial charge in [0.15, 0.2) is 6.10 Å². The van der Waals surface area contributed by atoms with Crippen molar-refractivity contribution in [3.63, 3.8) is 0 Å². The van der Waals surface area contributed by atoms with E-state index in [-0.39, 0.29) is 38.6 Å². The average Bonchev–Trinajstić information content (AvgIpc) is 3.75. The molecule has 0 spiro atoms. The number of carboxylic acids is 1. The van der Waals surface area contributed by atoms with Gasteiger partial charge in [0, 0.05) is 12.8 Å². The Bertz CT molecular complexity index is 1880. The molecule has 0 aromatic rings. The van der Waals surface area contributed by atoms with Crippen molar-refractivity contribution in [1.82, 2.24) is 0 Å². The molecule has 0 aliphatic heterocycles. The van der Waals surface area contributed by atoms with Crippen LogP contribution in [-0.4, -0.2) is 87.4 Å². The van der Waals surface area contributed by atoms with E-state index >= 15 is 0 Å². The zero-order valence-corrected chi connectivity index (χ0v) is 60.7. The van der Waals surface area contributed by atoms with Crippen molar-refractivity contribution < 1.29 is 42.9 Å². The molecule has 0 aromatic heterocycles. The van der Waals surface area contributed by atoms with E-state index in [1.54, 1.807) is 0 Å². The summed E-state index contributed by atoms with van der Waals surface area (Å²) in [6.45, 7) is 4.73. The topological polar surface area (TPSA) is 108 Å². The highest BCUT2D eigenvalue weighted by Crippen LogP contribution is 2.19. The maximum Gasteiger partial charge on any atom is 0.361 e. The SMILES string of the molecule is CC/C=C\C/C=C\C/C=C\C/C=C\C/C=C\C/C=C\C/C=C\C/C=C\C/C=C\CCCC(=O)OC(COC(=O)CCCCCCCCCCCCCCCCCCCCCCCCCCCCCCCCCCCCCCCC)COC(OCC[N+](C)(C)C)C(=O)O. The van der Waals surface area contributed by atoms with Crippen molar-refractivity contribution >= 4 is 17.9 Å². The predicted octanol–water partition coefficient (Wildman–Crippen LogP) is 24.5. The van der Waals surface area contributed by atoms with Crippen molar-refractivity contribution in [3.8, 4) is 0 Å². The molecule has 2 atom stereocenters. The summed E-state index contributed by atoms with van der Waals surface area (Å²) in [5.74, 6) is -2.08. The molecule has 9 heteroatoms. The number of carbonyl (C=O) groups is 3. The molecule has 0 aliphatic rings. The smallest absolute Gasteiger partial charge is 0.361 e. The van der Waals surface area contributed by atoms with Crippen LogP contribution in [0.3, 0.4) is 0 Å². The number of carboxylic acid groups (broad SMARTS) is 1. The Balaban J connectivity index is 4.09. The number of unbranched alkanes of at least 4 members (excludes halogenated alkanes) is 38.